The van der Waals surface area contributed by atoms with E-state index in [2.05, 4.69) is 9.97 Å². The zero-order valence-corrected chi connectivity index (χ0v) is 11.9. The van der Waals surface area contributed by atoms with E-state index in [0.717, 1.165) is 0 Å². The standard InChI is InChI=1S/C14H14ClFN2O2/c1-8(2)14-17-6-13(12(7-19)18-14)20-9-3-4-11(16)10(15)5-9/h3-6,8,19H,7H2,1-2H3. The molecule has 0 radical (unpaired) electrons. The van der Waals surface area contributed by atoms with E-state index in [9.17, 15) is 9.50 Å². The maximum Gasteiger partial charge on any atom is 0.169 e. The lowest BCUT2D eigenvalue weighted by atomic mass is 10.2. The maximum absolute atomic E-state index is 13.1. The van der Waals surface area contributed by atoms with Gasteiger partial charge in [-0.25, -0.2) is 14.4 Å². The first-order chi connectivity index (χ1) is 9.51. The average Bonchev–Trinajstić information content (AvgIpc) is 2.43. The third kappa shape index (κ3) is 3.23. The lowest BCUT2D eigenvalue weighted by Crippen LogP contribution is -2.03. The van der Waals surface area contributed by atoms with Crippen molar-refractivity contribution in [1.82, 2.24) is 9.97 Å². The molecule has 1 heterocycles. The van der Waals surface area contributed by atoms with Crippen LogP contribution in [0, 0.1) is 5.82 Å². The minimum absolute atomic E-state index is 0.0345. The third-order valence-corrected chi connectivity index (χ3v) is 2.92. The van der Waals surface area contributed by atoms with E-state index in [-0.39, 0.29) is 17.5 Å². The van der Waals surface area contributed by atoms with Gasteiger partial charge >= 0.3 is 0 Å². The van der Waals surface area contributed by atoms with Crippen molar-refractivity contribution in [3.8, 4) is 11.5 Å². The summed E-state index contributed by atoms with van der Waals surface area (Å²) in [6.45, 7) is 3.64. The van der Waals surface area contributed by atoms with Crippen LogP contribution >= 0.6 is 11.6 Å². The Bertz CT molecular complexity index is 620. The number of hydrogen-bond acceptors (Lipinski definition) is 4. The number of halogens is 2. The van der Waals surface area contributed by atoms with Gasteiger partial charge < -0.3 is 9.84 Å². The molecule has 0 atom stereocenters. The van der Waals surface area contributed by atoms with Gasteiger partial charge in [-0.05, 0) is 12.1 Å². The van der Waals surface area contributed by atoms with Crippen LogP contribution in [0.2, 0.25) is 5.02 Å². The summed E-state index contributed by atoms with van der Waals surface area (Å²) in [7, 11) is 0. The second kappa shape index (κ2) is 6.15. The summed E-state index contributed by atoms with van der Waals surface area (Å²) in [5.74, 6) is 0.924. The van der Waals surface area contributed by atoms with E-state index < -0.39 is 5.82 Å². The summed E-state index contributed by atoms with van der Waals surface area (Å²) in [6.07, 6.45) is 1.49. The van der Waals surface area contributed by atoms with Crippen molar-refractivity contribution in [3.63, 3.8) is 0 Å². The SMILES string of the molecule is CC(C)c1ncc(Oc2ccc(F)c(Cl)c2)c(CO)n1. The maximum atomic E-state index is 13.1. The highest BCUT2D eigenvalue weighted by Gasteiger charge is 2.11. The molecule has 0 unspecified atom stereocenters. The van der Waals surface area contributed by atoms with Crippen molar-refractivity contribution in [2.24, 2.45) is 0 Å². The molecule has 4 nitrogen and oxygen atoms in total. The fourth-order valence-electron chi connectivity index (χ4n) is 1.57. The van der Waals surface area contributed by atoms with Gasteiger partial charge in [0.15, 0.2) is 5.75 Å². The van der Waals surface area contributed by atoms with Gasteiger partial charge in [-0.15, -0.1) is 0 Å². The third-order valence-electron chi connectivity index (χ3n) is 2.63. The number of aliphatic hydroxyl groups excluding tert-OH is 1. The van der Waals surface area contributed by atoms with Crippen molar-refractivity contribution in [2.75, 3.05) is 0 Å². The molecule has 0 aliphatic rings. The van der Waals surface area contributed by atoms with E-state index >= 15 is 0 Å². The fraction of sp³-hybridized carbons (Fsp3) is 0.286. The largest absolute Gasteiger partial charge is 0.454 e. The number of aliphatic hydroxyl groups is 1. The van der Waals surface area contributed by atoms with Crippen molar-refractivity contribution in [3.05, 3.63) is 46.8 Å². The van der Waals surface area contributed by atoms with Gasteiger partial charge in [0, 0.05) is 12.0 Å². The summed E-state index contributed by atoms with van der Waals surface area (Å²) < 4.78 is 18.6. The van der Waals surface area contributed by atoms with Crippen LogP contribution in [0.1, 0.15) is 31.3 Å². The average molecular weight is 297 g/mol. The van der Waals surface area contributed by atoms with Crippen LogP contribution in [0.5, 0.6) is 11.5 Å². The van der Waals surface area contributed by atoms with E-state index in [1.807, 2.05) is 13.8 Å². The molecule has 6 heteroatoms. The minimum Gasteiger partial charge on any atom is -0.454 e. The minimum atomic E-state index is -0.521. The second-order valence-electron chi connectivity index (χ2n) is 4.53. The number of benzene rings is 1. The first-order valence-electron chi connectivity index (χ1n) is 6.11. The smallest absolute Gasteiger partial charge is 0.169 e. The Labute approximate surface area is 121 Å². The highest BCUT2D eigenvalue weighted by molar-refractivity contribution is 6.30. The lowest BCUT2D eigenvalue weighted by Gasteiger charge is -2.11. The van der Waals surface area contributed by atoms with Gasteiger partial charge in [-0.2, -0.15) is 0 Å². The molecule has 2 aromatic rings. The zero-order valence-electron chi connectivity index (χ0n) is 11.1. The van der Waals surface area contributed by atoms with Gasteiger partial charge in [0.1, 0.15) is 23.1 Å². The van der Waals surface area contributed by atoms with E-state index in [4.69, 9.17) is 16.3 Å². The molecule has 106 valence electrons. The fourth-order valence-corrected chi connectivity index (χ4v) is 1.74. The summed E-state index contributed by atoms with van der Waals surface area (Å²) in [5.41, 5.74) is 0.379. The van der Waals surface area contributed by atoms with Gasteiger partial charge in [0.05, 0.1) is 17.8 Å². The lowest BCUT2D eigenvalue weighted by molar-refractivity contribution is 0.269. The molecule has 0 saturated heterocycles. The Hall–Kier alpha value is -1.72. The molecule has 0 bridgehead atoms. The summed E-state index contributed by atoms with van der Waals surface area (Å²) >= 11 is 5.68. The van der Waals surface area contributed by atoms with Crippen molar-refractivity contribution < 1.29 is 14.2 Å². The molecule has 0 amide bonds. The van der Waals surface area contributed by atoms with Crippen molar-refractivity contribution >= 4 is 11.6 Å². The molecule has 0 aliphatic heterocycles. The quantitative estimate of drug-likeness (QED) is 0.935. The molecule has 1 N–H and O–H groups in total. The molecule has 0 spiro atoms. The number of hydrogen-bond donors (Lipinski definition) is 1. The van der Waals surface area contributed by atoms with Crippen LogP contribution < -0.4 is 4.74 Å². The van der Waals surface area contributed by atoms with Crippen LogP contribution in [0.3, 0.4) is 0 Å². The second-order valence-corrected chi connectivity index (χ2v) is 4.94. The van der Waals surface area contributed by atoms with E-state index in [0.29, 0.717) is 23.0 Å². The molecule has 20 heavy (non-hydrogen) atoms. The van der Waals surface area contributed by atoms with Crippen LogP contribution in [0.15, 0.2) is 24.4 Å². The predicted molar refractivity (Wildman–Crippen MR) is 73.5 cm³/mol. The van der Waals surface area contributed by atoms with Crippen LogP contribution in [0.25, 0.3) is 0 Å². The Morgan fingerprint density at radius 3 is 2.75 bits per heavy atom. The van der Waals surface area contributed by atoms with Crippen LogP contribution in [0.4, 0.5) is 4.39 Å². The highest BCUT2D eigenvalue weighted by atomic mass is 35.5. The topological polar surface area (TPSA) is 55.2 Å². The molecular weight excluding hydrogens is 283 g/mol. The summed E-state index contributed by atoms with van der Waals surface area (Å²) in [5, 5.41) is 9.31. The zero-order chi connectivity index (χ0) is 14.7. The number of rotatable bonds is 4. The van der Waals surface area contributed by atoms with Crippen LogP contribution in [-0.2, 0) is 6.61 Å². The van der Waals surface area contributed by atoms with Gasteiger partial charge in [0.25, 0.3) is 0 Å². The Kier molecular flexibility index (Phi) is 4.52. The number of aromatic nitrogens is 2. The highest BCUT2D eigenvalue weighted by Crippen LogP contribution is 2.28. The first kappa shape index (κ1) is 14.7. The van der Waals surface area contributed by atoms with Crippen molar-refractivity contribution in [1.29, 1.82) is 0 Å². The predicted octanol–water partition coefficient (Wildman–Crippen LogP) is 3.68. The number of ether oxygens (including phenoxy) is 1. The molecule has 1 aromatic heterocycles. The first-order valence-corrected chi connectivity index (χ1v) is 6.48. The molecule has 0 saturated carbocycles. The molecular formula is C14H14ClFN2O2. The van der Waals surface area contributed by atoms with Gasteiger partial charge in [-0.3, -0.25) is 0 Å². The number of nitrogens with zero attached hydrogens (tertiary/aromatic N) is 2. The molecule has 2 rings (SSSR count). The van der Waals surface area contributed by atoms with Gasteiger partial charge in [0.2, 0.25) is 0 Å². The van der Waals surface area contributed by atoms with E-state index in [1.165, 1.54) is 24.4 Å². The monoisotopic (exact) mass is 296 g/mol. The van der Waals surface area contributed by atoms with Gasteiger partial charge in [-0.1, -0.05) is 25.4 Å². The Morgan fingerprint density at radius 2 is 2.15 bits per heavy atom. The van der Waals surface area contributed by atoms with Crippen molar-refractivity contribution in [2.45, 2.75) is 26.4 Å². The van der Waals surface area contributed by atoms with Crippen LogP contribution in [-0.4, -0.2) is 15.1 Å². The summed E-state index contributed by atoms with van der Waals surface area (Å²) in [6, 6.07) is 4.01. The Morgan fingerprint density at radius 1 is 1.40 bits per heavy atom. The molecule has 0 aliphatic carbocycles. The van der Waals surface area contributed by atoms with E-state index in [1.54, 1.807) is 0 Å². The normalized spacial score (nSPS) is 10.9. The Balaban J connectivity index is 2.30. The summed E-state index contributed by atoms with van der Waals surface area (Å²) in [4.78, 5) is 8.40. The molecule has 0 fully saturated rings. The molecule has 1 aromatic carbocycles.